The number of nitrogens with one attached hydrogen (secondary N) is 2. The van der Waals surface area contributed by atoms with Crippen LogP contribution in [0, 0.1) is 0 Å². The fraction of sp³-hybridized carbons (Fsp3) is 0.318. The van der Waals surface area contributed by atoms with Gasteiger partial charge >= 0.3 is 0 Å². The molecular weight excluding hydrogens is 362 g/mol. The molecule has 2 heterocycles. The summed E-state index contributed by atoms with van der Waals surface area (Å²) in [6.07, 6.45) is 8.26. The quantitative estimate of drug-likeness (QED) is 0.333. The number of nitrogens with zero attached hydrogens (tertiary/aromatic N) is 5. The molecule has 3 rings (SSSR count). The second-order valence-electron chi connectivity index (χ2n) is 6.62. The van der Waals surface area contributed by atoms with Gasteiger partial charge in [-0.05, 0) is 37.1 Å². The van der Waals surface area contributed by atoms with E-state index >= 15 is 0 Å². The summed E-state index contributed by atoms with van der Waals surface area (Å²) < 4.78 is 1.88. The Balaban J connectivity index is 1.40. The highest BCUT2D eigenvalue weighted by Crippen LogP contribution is 2.12. The van der Waals surface area contributed by atoms with Gasteiger partial charge in [-0.25, -0.2) is 9.97 Å². The van der Waals surface area contributed by atoms with Crippen LogP contribution in [0.3, 0.4) is 0 Å². The first kappa shape index (κ1) is 20.4. The first-order valence-electron chi connectivity index (χ1n) is 9.98. The van der Waals surface area contributed by atoms with Crippen molar-refractivity contribution < 1.29 is 0 Å². The molecule has 0 saturated carbocycles. The monoisotopic (exact) mass is 391 g/mol. The van der Waals surface area contributed by atoms with E-state index in [1.165, 1.54) is 5.69 Å². The molecule has 2 N–H and O–H groups in total. The SMILES string of the molecule is CCN(CCCNC(=NC)NCc1ccc(-n2ccnc2)nc1)c1ccccc1. The number of aromatic nitrogens is 3. The Kier molecular flexibility index (Phi) is 7.63. The van der Waals surface area contributed by atoms with Crippen molar-refractivity contribution >= 4 is 11.6 Å². The lowest BCUT2D eigenvalue weighted by atomic mass is 10.2. The van der Waals surface area contributed by atoms with Crippen molar-refractivity contribution in [3.8, 4) is 5.82 Å². The minimum atomic E-state index is 0.669. The lowest BCUT2D eigenvalue weighted by Crippen LogP contribution is -2.38. The maximum absolute atomic E-state index is 4.48. The topological polar surface area (TPSA) is 70.4 Å². The predicted molar refractivity (Wildman–Crippen MR) is 119 cm³/mol. The van der Waals surface area contributed by atoms with Crippen molar-refractivity contribution in [1.82, 2.24) is 25.2 Å². The summed E-state index contributed by atoms with van der Waals surface area (Å²) >= 11 is 0. The molecule has 7 nitrogen and oxygen atoms in total. The zero-order valence-electron chi connectivity index (χ0n) is 17.1. The lowest BCUT2D eigenvalue weighted by molar-refractivity contribution is 0.708. The van der Waals surface area contributed by atoms with Crippen LogP contribution in [0.15, 0.2) is 72.4 Å². The molecule has 2 aromatic heterocycles. The molecule has 0 saturated heterocycles. The summed E-state index contributed by atoms with van der Waals surface area (Å²) in [6.45, 7) is 5.72. The molecule has 152 valence electrons. The molecule has 0 amide bonds. The van der Waals surface area contributed by atoms with Gasteiger partial charge in [-0.3, -0.25) is 9.56 Å². The molecule has 1 aromatic carbocycles. The summed E-state index contributed by atoms with van der Waals surface area (Å²) in [5.41, 5.74) is 2.36. The molecule has 3 aromatic rings. The van der Waals surface area contributed by atoms with Crippen LogP contribution in [-0.2, 0) is 6.54 Å². The van der Waals surface area contributed by atoms with E-state index in [4.69, 9.17) is 0 Å². The van der Waals surface area contributed by atoms with Crippen LogP contribution in [0.4, 0.5) is 5.69 Å². The molecule has 0 radical (unpaired) electrons. The van der Waals surface area contributed by atoms with Gasteiger partial charge in [-0.15, -0.1) is 0 Å². The molecule has 0 aliphatic rings. The van der Waals surface area contributed by atoms with Crippen molar-refractivity contribution in [2.75, 3.05) is 31.6 Å². The average Bonchev–Trinajstić information content (AvgIpc) is 3.32. The molecule has 0 fully saturated rings. The molecular formula is C22H29N7. The number of guanidine groups is 1. The summed E-state index contributed by atoms with van der Waals surface area (Å²) in [5.74, 6) is 1.65. The molecule has 29 heavy (non-hydrogen) atoms. The van der Waals surface area contributed by atoms with Crippen molar-refractivity contribution in [2.24, 2.45) is 4.99 Å². The van der Waals surface area contributed by atoms with Gasteiger partial charge < -0.3 is 15.5 Å². The van der Waals surface area contributed by atoms with Gasteiger partial charge in [0.1, 0.15) is 12.1 Å². The van der Waals surface area contributed by atoms with E-state index < -0.39 is 0 Å². The number of para-hydroxylation sites is 1. The molecule has 0 unspecified atom stereocenters. The molecule has 7 heteroatoms. The fourth-order valence-electron chi connectivity index (χ4n) is 3.06. The molecule has 0 spiro atoms. The highest BCUT2D eigenvalue weighted by Gasteiger charge is 2.04. The van der Waals surface area contributed by atoms with E-state index in [1.807, 2.05) is 23.0 Å². The Hall–Kier alpha value is -3.35. The third-order valence-electron chi connectivity index (χ3n) is 4.66. The third-order valence-corrected chi connectivity index (χ3v) is 4.66. The van der Waals surface area contributed by atoms with Crippen molar-refractivity contribution in [2.45, 2.75) is 19.9 Å². The fourth-order valence-corrected chi connectivity index (χ4v) is 3.06. The van der Waals surface area contributed by atoms with E-state index in [-0.39, 0.29) is 0 Å². The van der Waals surface area contributed by atoms with Gasteiger partial charge in [0.15, 0.2) is 5.96 Å². The lowest BCUT2D eigenvalue weighted by Gasteiger charge is -2.23. The highest BCUT2D eigenvalue weighted by atomic mass is 15.2. The van der Waals surface area contributed by atoms with Crippen LogP contribution in [-0.4, -0.2) is 47.2 Å². The Labute approximate surface area is 172 Å². The maximum atomic E-state index is 4.48. The summed E-state index contributed by atoms with van der Waals surface area (Å²) in [5, 5.41) is 6.72. The van der Waals surface area contributed by atoms with Crippen LogP contribution in [0.5, 0.6) is 0 Å². The van der Waals surface area contributed by atoms with E-state index in [0.29, 0.717) is 6.54 Å². The van der Waals surface area contributed by atoms with Gasteiger partial charge in [0, 0.05) is 57.5 Å². The molecule has 0 aliphatic heterocycles. The standard InChI is InChI=1S/C22H29N7/c1-3-28(20-8-5-4-6-9-20)14-7-12-25-22(23-2)27-17-19-10-11-21(26-16-19)29-15-13-24-18-29/h4-6,8-11,13,15-16,18H,3,7,12,14,17H2,1-2H3,(H2,23,25,27). The number of pyridine rings is 1. The summed E-state index contributed by atoms with van der Waals surface area (Å²) in [4.78, 5) is 15.2. The van der Waals surface area contributed by atoms with Gasteiger partial charge in [-0.1, -0.05) is 24.3 Å². The predicted octanol–water partition coefficient (Wildman–Crippen LogP) is 2.85. The number of aliphatic imine (C=N–C) groups is 1. The number of benzene rings is 1. The molecule has 0 bridgehead atoms. The number of hydrogen-bond acceptors (Lipinski definition) is 4. The zero-order chi connectivity index (χ0) is 20.3. The van der Waals surface area contributed by atoms with Crippen molar-refractivity contribution in [3.05, 3.63) is 72.9 Å². The van der Waals surface area contributed by atoms with Crippen LogP contribution < -0.4 is 15.5 Å². The van der Waals surface area contributed by atoms with E-state index in [2.05, 4.69) is 73.8 Å². The highest BCUT2D eigenvalue weighted by molar-refractivity contribution is 5.79. The van der Waals surface area contributed by atoms with Crippen LogP contribution in [0.1, 0.15) is 18.9 Å². The Morgan fingerprint density at radius 3 is 2.66 bits per heavy atom. The van der Waals surface area contributed by atoms with Gasteiger partial charge in [0.2, 0.25) is 0 Å². The summed E-state index contributed by atoms with van der Waals surface area (Å²) in [7, 11) is 1.79. The van der Waals surface area contributed by atoms with Crippen LogP contribution in [0.25, 0.3) is 5.82 Å². The average molecular weight is 392 g/mol. The van der Waals surface area contributed by atoms with Gasteiger partial charge in [0.05, 0.1) is 0 Å². The van der Waals surface area contributed by atoms with Crippen LogP contribution in [0.2, 0.25) is 0 Å². The van der Waals surface area contributed by atoms with Gasteiger partial charge in [-0.2, -0.15) is 0 Å². The number of rotatable bonds is 9. The normalized spacial score (nSPS) is 11.3. The van der Waals surface area contributed by atoms with E-state index in [9.17, 15) is 0 Å². The minimum Gasteiger partial charge on any atom is -0.372 e. The number of imidazole rings is 1. The van der Waals surface area contributed by atoms with Crippen molar-refractivity contribution in [3.63, 3.8) is 0 Å². The largest absolute Gasteiger partial charge is 0.372 e. The number of anilines is 1. The van der Waals surface area contributed by atoms with Crippen LogP contribution >= 0.6 is 0 Å². The second kappa shape index (κ2) is 10.8. The van der Waals surface area contributed by atoms with Gasteiger partial charge in [0.25, 0.3) is 0 Å². The first-order chi connectivity index (χ1) is 14.3. The third kappa shape index (κ3) is 6.07. The Morgan fingerprint density at radius 1 is 1.14 bits per heavy atom. The second-order valence-corrected chi connectivity index (χ2v) is 6.62. The summed E-state index contributed by atoms with van der Waals surface area (Å²) in [6, 6.07) is 14.6. The molecule has 0 aliphatic carbocycles. The minimum absolute atomic E-state index is 0.669. The Morgan fingerprint density at radius 2 is 2.00 bits per heavy atom. The van der Waals surface area contributed by atoms with Crippen molar-refractivity contribution in [1.29, 1.82) is 0 Å². The van der Waals surface area contributed by atoms with E-state index in [1.54, 1.807) is 19.6 Å². The zero-order valence-corrected chi connectivity index (χ0v) is 17.1. The maximum Gasteiger partial charge on any atom is 0.191 e. The molecule has 0 atom stereocenters. The van der Waals surface area contributed by atoms with E-state index in [0.717, 1.165) is 43.4 Å². The smallest absolute Gasteiger partial charge is 0.191 e. The Bertz CT molecular complexity index is 858. The first-order valence-corrected chi connectivity index (χ1v) is 9.98. The number of hydrogen-bond donors (Lipinski definition) is 2.